The number of hydrogen-bond acceptors (Lipinski definition) is 3. The molecule has 8 heavy (non-hydrogen) atoms. The monoisotopic (exact) mass is 162 g/mol. The summed E-state index contributed by atoms with van der Waals surface area (Å²) in [5.74, 6) is 0. The molecule has 0 saturated carbocycles. The van der Waals surface area contributed by atoms with Crippen LogP contribution in [0.4, 0.5) is 0 Å². The Kier molecular flexibility index (Phi) is 1.77. The summed E-state index contributed by atoms with van der Waals surface area (Å²) in [5.41, 5.74) is 0. The molecule has 0 aliphatic rings. The summed E-state index contributed by atoms with van der Waals surface area (Å²) in [6, 6.07) is 0. The molecule has 0 atom stereocenters. The molecular formula is CH6O5S2. The molecule has 0 aromatic heterocycles. The first-order valence-electron chi connectivity index (χ1n) is 1.53. The highest BCUT2D eigenvalue weighted by Gasteiger charge is 2.12. The van der Waals surface area contributed by atoms with E-state index in [1.165, 1.54) is 0 Å². The maximum Gasteiger partial charge on any atom is 0.364 e. The van der Waals surface area contributed by atoms with E-state index in [2.05, 4.69) is 0 Å². The molecule has 0 amide bonds. The minimum Gasteiger partial charge on any atom is -0.291 e. The predicted octanol–water partition coefficient (Wildman–Crippen LogP) is -1.09. The molecule has 2 N–H and O–H groups in total. The van der Waals surface area contributed by atoms with Crippen LogP contribution >= 0.6 is 0 Å². The van der Waals surface area contributed by atoms with Crippen LogP contribution in [0.5, 0.6) is 0 Å². The largest absolute Gasteiger partial charge is 0.364 e. The van der Waals surface area contributed by atoms with Crippen LogP contribution in [0, 0.1) is 0 Å². The van der Waals surface area contributed by atoms with Crippen LogP contribution in [-0.2, 0) is 18.4 Å². The van der Waals surface area contributed by atoms with Gasteiger partial charge < -0.3 is 0 Å². The average Bonchev–Trinajstić information content (AvgIpc) is 1.25. The minimum atomic E-state index is -4.73. The highest BCUT2D eigenvalue weighted by atomic mass is 33.2. The Morgan fingerprint density at radius 2 is 1.62 bits per heavy atom. The molecule has 0 fully saturated rings. The molecule has 0 aliphatic carbocycles. The van der Waals surface area contributed by atoms with Crippen LogP contribution in [0.15, 0.2) is 0 Å². The number of rotatable bonds is 1. The minimum absolute atomic E-state index is 0.544. The van der Waals surface area contributed by atoms with Crippen molar-refractivity contribution in [2.45, 2.75) is 0 Å². The van der Waals surface area contributed by atoms with Gasteiger partial charge in [0.15, 0.2) is 0 Å². The van der Waals surface area contributed by atoms with Gasteiger partial charge in [0.2, 0.25) is 0 Å². The van der Waals surface area contributed by atoms with Gasteiger partial charge in [-0.1, -0.05) is 9.25 Å². The molecule has 0 saturated heterocycles. The summed E-state index contributed by atoms with van der Waals surface area (Å²) in [6.07, 6.45) is 0.544. The Morgan fingerprint density at radius 1 is 1.50 bits per heavy atom. The Morgan fingerprint density at radius 3 is 1.62 bits per heavy atom. The second kappa shape index (κ2) is 1.76. The summed E-state index contributed by atoms with van der Waals surface area (Å²) in [7, 11) is -9.05. The van der Waals surface area contributed by atoms with Gasteiger partial charge in [-0.05, 0) is 0 Å². The van der Waals surface area contributed by atoms with Crippen molar-refractivity contribution in [3.05, 3.63) is 0 Å². The molecular weight excluding hydrogens is 156 g/mol. The molecule has 0 spiro atoms. The van der Waals surface area contributed by atoms with Gasteiger partial charge in [-0.15, -0.1) is 0 Å². The standard InChI is InChI=1S/CH6O5S2/c1-7(2,3)8(4,5)6/h7H,1H3,(H,2,3)(H,4,5,6). The molecule has 7 heteroatoms. The van der Waals surface area contributed by atoms with Crippen molar-refractivity contribution in [2.75, 3.05) is 6.26 Å². The van der Waals surface area contributed by atoms with Crippen LogP contribution < -0.4 is 0 Å². The van der Waals surface area contributed by atoms with Crippen LogP contribution in [0.2, 0.25) is 0 Å². The third-order valence-corrected chi connectivity index (χ3v) is 3.85. The van der Waals surface area contributed by atoms with Gasteiger partial charge in [0, 0.05) is 6.26 Å². The van der Waals surface area contributed by atoms with Crippen LogP contribution in [0.3, 0.4) is 0 Å². The highest BCUT2D eigenvalue weighted by molar-refractivity contribution is 8.67. The molecule has 5 nitrogen and oxygen atoms in total. The Labute approximate surface area is 47.1 Å². The molecule has 0 radical (unpaired) electrons. The zero-order valence-electron chi connectivity index (χ0n) is 3.97. The smallest absolute Gasteiger partial charge is 0.291 e. The van der Waals surface area contributed by atoms with E-state index in [0.29, 0.717) is 6.26 Å². The molecule has 0 rings (SSSR count). The lowest BCUT2D eigenvalue weighted by molar-refractivity contribution is 0.483. The van der Waals surface area contributed by atoms with Gasteiger partial charge in [0.25, 0.3) is 0 Å². The maximum atomic E-state index is 9.95. The summed E-state index contributed by atoms with van der Waals surface area (Å²) < 4.78 is 45.2. The van der Waals surface area contributed by atoms with Gasteiger partial charge in [0.05, 0.1) is 0 Å². The molecule has 52 valence electrons. The summed E-state index contributed by atoms with van der Waals surface area (Å²) in [4.78, 5) is 0. The van der Waals surface area contributed by atoms with E-state index in [1.54, 1.807) is 0 Å². The van der Waals surface area contributed by atoms with E-state index in [0.717, 1.165) is 0 Å². The quantitative estimate of drug-likeness (QED) is 0.259. The van der Waals surface area contributed by atoms with E-state index in [4.69, 9.17) is 9.11 Å². The first-order valence-corrected chi connectivity index (χ1v) is 5.68. The summed E-state index contributed by atoms with van der Waals surface area (Å²) in [6.45, 7) is 0. The van der Waals surface area contributed by atoms with Crippen molar-refractivity contribution < 1.29 is 21.7 Å². The number of thiol groups is 1. The van der Waals surface area contributed by atoms with Gasteiger partial charge >= 0.3 is 9.15 Å². The van der Waals surface area contributed by atoms with Gasteiger partial charge in [-0.25, -0.2) is 0 Å². The van der Waals surface area contributed by atoms with Crippen molar-refractivity contribution in [2.24, 2.45) is 0 Å². The number of hydrogen-bond donors (Lipinski definition) is 3. The van der Waals surface area contributed by atoms with Gasteiger partial charge in [-0.3, -0.25) is 9.11 Å². The molecule has 0 unspecified atom stereocenters. The summed E-state index contributed by atoms with van der Waals surface area (Å²) in [5, 5.41) is 0. The Balaban J connectivity index is 4.84. The van der Waals surface area contributed by atoms with Crippen molar-refractivity contribution in [1.29, 1.82) is 0 Å². The van der Waals surface area contributed by atoms with E-state index in [1.807, 2.05) is 0 Å². The fourth-order valence-corrected chi connectivity index (χ4v) is 0. The molecule has 0 aromatic carbocycles. The van der Waals surface area contributed by atoms with Crippen molar-refractivity contribution in [3.63, 3.8) is 0 Å². The van der Waals surface area contributed by atoms with Crippen molar-refractivity contribution in [3.8, 4) is 0 Å². The van der Waals surface area contributed by atoms with Gasteiger partial charge in [-0.2, -0.15) is 12.6 Å². The topological polar surface area (TPSA) is 91.7 Å². The Hall–Kier alpha value is 0.0200. The normalized spacial score (nSPS) is 15.9. The second-order valence-electron chi connectivity index (χ2n) is 1.25. The average molecular weight is 162 g/mol. The van der Waals surface area contributed by atoms with E-state index >= 15 is 0 Å². The maximum absolute atomic E-state index is 9.95. The van der Waals surface area contributed by atoms with Crippen molar-refractivity contribution in [1.82, 2.24) is 0 Å². The van der Waals surface area contributed by atoms with Crippen LogP contribution in [0.1, 0.15) is 0 Å². The second-order valence-corrected chi connectivity index (χ2v) is 7.17. The molecule has 0 heterocycles. The highest BCUT2D eigenvalue weighted by Crippen LogP contribution is 2.00. The van der Waals surface area contributed by atoms with E-state index in [-0.39, 0.29) is 0 Å². The van der Waals surface area contributed by atoms with E-state index in [9.17, 15) is 12.6 Å². The van der Waals surface area contributed by atoms with Crippen molar-refractivity contribution >= 4 is 18.4 Å². The molecule has 0 aromatic rings. The lowest BCUT2D eigenvalue weighted by Crippen LogP contribution is -2.19. The first-order chi connectivity index (χ1) is 3.25. The Bertz CT molecular complexity index is 205. The zero-order valence-corrected chi connectivity index (χ0v) is 5.69. The lowest BCUT2D eigenvalue weighted by Gasteiger charge is -2.10. The third kappa shape index (κ3) is 1.86. The summed E-state index contributed by atoms with van der Waals surface area (Å²) >= 11 is 0. The predicted molar refractivity (Wildman–Crippen MR) is 29.6 cm³/mol. The van der Waals surface area contributed by atoms with Crippen LogP contribution in [-0.4, -0.2) is 28.0 Å². The van der Waals surface area contributed by atoms with Gasteiger partial charge in [0.1, 0.15) is 0 Å². The zero-order chi connectivity index (χ0) is 7.00. The molecule has 0 aliphatic heterocycles. The lowest BCUT2D eigenvalue weighted by atomic mass is 12.0. The fourth-order valence-electron chi connectivity index (χ4n) is 0. The third-order valence-electron chi connectivity index (χ3n) is 0.428. The van der Waals surface area contributed by atoms with Crippen LogP contribution in [0.25, 0.3) is 0 Å². The molecule has 0 bridgehead atoms. The SMILES string of the molecule is C[SH](=O)(O)S(=O)(=O)O. The fraction of sp³-hybridized carbons (Fsp3) is 1.00. The van der Waals surface area contributed by atoms with E-state index < -0.39 is 18.4 Å². The first kappa shape index (κ1) is 8.02.